The third-order valence-electron chi connectivity index (χ3n) is 4.58. The smallest absolute Gasteiger partial charge is 0.261 e. The lowest BCUT2D eigenvalue weighted by Gasteiger charge is -2.19. The molecule has 0 aliphatic carbocycles. The van der Waals surface area contributed by atoms with Crippen LogP contribution in [0.15, 0.2) is 57.9 Å². The molecule has 0 unspecified atom stereocenters. The van der Waals surface area contributed by atoms with Gasteiger partial charge in [0.25, 0.3) is 10.0 Å². The summed E-state index contributed by atoms with van der Waals surface area (Å²) in [5, 5.41) is 6.42. The van der Waals surface area contributed by atoms with Crippen LogP contribution in [0.2, 0.25) is 0 Å². The summed E-state index contributed by atoms with van der Waals surface area (Å²) in [5.41, 5.74) is 5.66. The molecule has 0 spiro atoms. The number of alkyl halides is 1. The minimum Gasteiger partial charge on any atom is -0.337 e. The van der Waals surface area contributed by atoms with Gasteiger partial charge in [0, 0.05) is 11.3 Å². The summed E-state index contributed by atoms with van der Waals surface area (Å²) in [7, 11) is -3.91. The average molecular weight is 462 g/mol. The summed E-state index contributed by atoms with van der Waals surface area (Å²) in [6.45, 7) is 3.84. The van der Waals surface area contributed by atoms with Gasteiger partial charge in [-0.25, -0.2) is 12.8 Å². The zero-order chi connectivity index (χ0) is 23.5. The van der Waals surface area contributed by atoms with E-state index >= 15 is 0 Å². The van der Waals surface area contributed by atoms with E-state index in [1.165, 1.54) is 38.1 Å². The molecule has 0 saturated carbocycles. The molecular weight excluding hydrogens is 437 g/mol. The third kappa shape index (κ3) is 5.29. The third-order valence-corrected chi connectivity index (χ3v) is 5.97. The van der Waals surface area contributed by atoms with Crippen molar-refractivity contribution in [2.45, 2.75) is 31.7 Å². The number of benzene rings is 2. The molecule has 3 rings (SSSR count). The molecule has 170 valence electrons. The molecule has 1 heterocycles. The lowest BCUT2D eigenvalue weighted by Crippen LogP contribution is -2.32. The number of hydrogen-bond acceptors (Lipinski definition) is 7. The van der Waals surface area contributed by atoms with Crippen molar-refractivity contribution in [3.63, 3.8) is 0 Å². The number of nitrogens with one attached hydrogen (secondary N) is 2. The largest absolute Gasteiger partial charge is 0.337 e. The van der Waals surface area contributed by atoms with Gasteiger partial charge in [0.1, 0.15) is 6.67 Å². The molecule has 9 nitrogen and oxygen atoms in total. The fourth-order valence-electron chi connectivity index (χ4n) is 2.56. The molecular formula is C21H24FN5O4S. The zero-order valence-corrected chi connectivity index (χ0v) is 18.6. The maximum absolute atomic E-state index is 13.0. The van der Waals surface area contributed by atoms with Crippen LogP contribution in [0.5, 0.6) is 0 Å². The molecule has 1 aromatic heterocycles. The fourth-order valence-corrected chi connectivity index (χ4v) is 3.61. The van der Waals surface area contributed by atoms with Gasteiger partial charge in [0.2, 0.25) is 17.6 Å². The SMILES string of the molecule is C[C@H](N)c1nc(-c2ccc(S(=O)(=O)Nc3cccc(NC(=O)C(C)(C)CF)c3)cc2)no1. The Hall–Kier alpha value is -3.31. The van der Waals surface area contributed by atoms with Crippen molar-refractivity contribution < 1.29 is 22.1 Å². The first-order chi connectivity index (χ1) is 15.0. The van der Waals surface area contributed by atoms with E-state index in [0.29, 0.717) is 17.1 Å². The number of rotatable bonds is 8. The molecule has 11 heteroatoms. The number of hydrogen-bond donors (Lipinski definition) is 3. The Balaban J connectivity index is 1.75. The number of carbonyl (C=O) groups is 1. The highest BCUT2D eigenvalue weighted by Crippen LogP contribution is 2.24. The lowest BCUT2D eigenvalue weighted by molar-refractivity contribution is -0.124. The molecule has 0 radical (unpaired) electrons. The predicted molar refractivity (Wildman–Crippen MR) is 118 cm³/mol. The second kappa shape index (κ2) is 9.05. The van der Waals surface area contributed by atoms with E-state index in [1.807, 2.05) is 0 Å². The Morgan fingerprint density at radius 1 is 1.19 bits per heavy atom. The van der Waals surface area contributed by atoms with E-state index in [0.717, 1.165) is 0 Å². The molecule has 0 fully saturated rings. The summed E-state index contributed by atoms with van der Waals surface area (Å²) in [6, 6.07) is 11.7. The van der Waals surface area contributed by atoms with E-state index in [1.54, 1.807) is 31.2 Å². The first-order valence-electron chi connectivity index (χ1n) is 9.72. The molecule has 3 aromatic rings. The number of sulfonamides is 1. The Morgan fingerprint density at radius 2 is 1.84 bits per heavy atom. The Kier molecular flexibility index (Phi) is 6.60. The van der Waals surface area contributed by atoms with Crippen LogP contribution < -0.4 is 15.8 Å². The van der Waals surface area contributed by atoms with E-state index in [2.05, 4.69) is 20.2 Å². The van der Waals surface area contributed by atoms with E-state index < -0.39 is 34.1 Å². The summed E-state index contributed by atoms with van der Waals surface area (Å²) < 4.78 is 46.1. The Labute approximate surface area is 185 Å². The molecule has 0 aliphatic rings. The molecule has 0 bridgehead atoms. The average Bonchev–Trinajstić information content (AvgIpc) is 3.24. The lowest BCUT2D eigenvalue weighted by atomic mass is 9.94. The molecule has 2 aromatic carbocycles. The number of aromatic nitrogens is 2. The molecule has 32 heavy (non-hydrogen) atoms. The zero-order valence-electron chi connectivity index (χ0n) is 17.8. The first kappa shape index (κ1) is 23.4. The molecule has 1 amide bonds. The molecule has 4 N–H and O–H groups in total. The van der Waals surface area contributed by atoms with Crippen molar-refractivity contribution in [2.75, 3.05) is 16.7 Å². The van der Waals surface area contributed by atoms with Gasteiger partial charge >= 0.3 is 0 Å². The number of amides is 1. The predicted octanol–water partition coefficient (Wildman–Crippen LogP) is 3.49. The van der Waals surface area contributed by atoms with Gasteiger partial charge in [0.15, 0.2) is 0 Å². The second-order valence-corrected chi connectivity index (χ2v) is 9.61. The van der Waals surface area contributed by atoms with Crippen LogP contribution >= 0.6 is 0 Å². The fraction of sp³-hybridized carbons (Fsp3) is 0.286. The van der Waals surface area contributed by atoms with Crippen molar-refractivity contribution in [2.24, 2.45) is 11.1 Å². The summed E-state index contributed by atoms with van der Waals surface area (Å²) in [5.74, 6) is 0.0679. The summed E-state index contributed by atoms with van der Waals surface area (Å²) in [6.07, 6.45) is 0. The van der Waals surface area contributed by atoms with Gasteiger partial charge in [0.05, 0.1) is 22.0 Å². The van der Waals surface area contributed by atoms with Crippen LogP contribution in [-0.2, 0) is 14.8 Å². The quantitative estimate of drug-likeness (QED) is 0.466. The van der Waals surface area contributed by atoms with Crippen LogP contribution in [0.3, 0.4) is 0 Å². The van der Waals surface area contributed by atoms with Gasteiger partial charge in [-0.15, -0.1) is 0 Å². The van der Waals surface area contributed by atoms with Crippen LogP contribution in [0.25, 0.3) is 11.4 Å². The van der Waals surface area contributed by atoms with Crippen LogP contribution in [-0.4, -0.2) is 31.1 Å². The van der Waals surface area contributed by atoms with E-state index in [4.69, 9.17) is 10.3 Å². The molecule has 0 aliphatic heterocycles. The maximum atomic E-state index is 13.0. The van der Waals surface area contributed by atoms with Gasteiger partial charge in [-0.3, -0.25) is 9.52 Å². The van der Waals surface area contributed by atoms with Crippen molar-refractivity contribution >= 4 is 27.3 Å². The van der Waals surface area contributed by atoms with Crippen molar-refractivity contribution in [3.05, 3.63) is 54.4 Å². The number of nitrogens with two attached hydrogens (primary N) is 1. The van der Waals surface area contributed by atoms with Gasteiger partial charge in [-0.2, -0.15) is 4.98 Å². The minimum atomic E-state index is -3.91. The summed E-state index contributed by atoms with van der Waals surface area (Å²) >= 11 is 0. The van der Waals surface area contributed by atoms with Crippen LogP contribution in [0, 0.1) is 5.41 Å². The minimum absolute atomic E-state index is 0.0187. The normalized spacial score (nSPS) is 12.9. The van der Waals surface area contributed by atoms with Crippen LogP contribution in [0.1, 0.15) is 32.7 Å². The van der Waals surface area contributed by atoms with Crippen molar-refractivity contribution in [3.8, 4) is 11.4 Å². The van der Waals surface area contributed by atoms with E-state index in [9.17, 15) is 17.6 Å². The van der Waals surface area contributed by atoms with Crippen LogP contribution in [0.4, 0.5) is 15.8 Å². The highest BCUT2D eigenvalue weighted by atomic mass is 32.2. The Bertz CT molecular complexity index is 1210. The van der Waals surface area contributed by atoms with Gasteiger partial charge < -0.3 is 15.6 Å². The number of carbonyl (C=O) groups excluding carboxylic acids is 1. The topological polar surface area (TPSA) is 140 Å². The number of halogens is 1. The van der Waals surface area contributed by atoms with E-state index in [-0.39, 0.29) is 16.5 Å². The highest BCUT2D eigenvalue weighted by Gasteiger charge is 2.27. The highest BCUT2D eigenvalue weighted by molar-refractivity contribution is 7.92. The van der Waals surface area contributed by atoms with Gasteiger partial charge in [-0.1, -0.05) is 11.2 Å². The molecule has 1 atom stereocenters. The number of nitrogens with zero attached hydrogens (tertiary/aromatic N) is 2. The standard InChI is InChI=1S/C21H24FN5O4S/c1-13(23)19-25-18(26-31-19)14-7-9-17(10-8-14)32(29,30)27-16-6-4-5-15(11-16)24-20(28)21(2,3)12-22/h4-11,13,27H,12,23H2,1-3H3,(H,24,28)/t13-/m0/s1. The summed E-state index contributed by atoms with van der Waals surface area (Å²) in [4.78, 5) is 16.3. The first-order valence-corrected chi connectivity index (χ1v) is 11.2. The van der Waals surface area contributed by atoms with Crippen molar-refractivity contribution in [1.82, 2.24) is 10.1 Å². The molecule has 0 saturated heterocycles. The van der Waals surface area contributed by atoms with Crippen molar-refractivity contribution in [1.29, 1.82) is 0 Å². The monoisotopic (exact) mass is 461 g/mol. The number of anilines is 2. The second-order valence-electron chi connectivity index (χ2n) is 7.93. The van der Waals surface area contributed by atoms with Gasteiger partial charge in [-0.05, 0) is 63.2 Å². The maximum Gasteiger partial charge on any atom is 0.261 e. The Morgan fingerprint density at radius 3 is 2.44 bits per heavy atom.